The first-order chi connectivity index (χ1) is 8.47. The monoisotopic (exact) mass is 311 g/mol. The number of piperidine rings is 1. The summed E-state index contributed by atoms with van der Waals surface area (Å²) >= 11 is 3.75. The minimum Gasteiger partial charge on any atom is -0.356 e. The standard InChI is InChI=1S/C14H22BrN3/c1-9(2)14-16-11(4)7-13(17-14)18-6-5-12(15)10(3)8-18/h7,9-10,12H,5-6,8H2,1-4H3. The van der Waals surface area contributed by atoms with Crippen LogP contribution in [0.2, 0.25) is 0 Å². The normalized spacial score (nSPS) is 24.7. The van der Waals surface area contributed by atoms with Crippen LogP contribution in [0.5, 0.6) is 0 Å². The number of aromatic nitrogens is 2. The van der Waals surface area contributed by atoms with E-state index in [4.69, 9.17) is 4.98 Å². The Labute approximate surface area is 118 Å². The molecule has 0 saturated carbocycles. The van der Waals surface area contributed by atoms with E-state index in [0.29, 0.717) is 16.7 Å². The molecule has 18 heavy (non-hydrogen) atoms. The van der Waals surface area contributed by atoms with Gasteiger partial charge < -0.3 is 4.90 Å². The molecule has 1 aromatic rings. The maximum Gasteiger partial charge on any atom is 0.133 e. The van der Waals surface area contributed by atoms with Crippen molar-refractivity contribution in [3.63, 3.8) is 0 Å². The number of rotatable bonds is 2. The molecule has 2 unspecified atom stereocenters. The second-order valence-corrected chi connectivity index (χ2v) is 6.78. The summed E-state index contributed by atoms with van der Waals surface area (Å²) in [6.45, 7) is 10.8. The van der Waals surface area contributed by atoms with Crippen LogP contribution in [0.4, 0.5) is 5.82 Å². The van der Waals surface area contributed by atoms with E-state index in [1.165, 1.54) is 6.42 Å². The van der Waals surface area contributed by atoms with Gasteiger partial charge in [-0.25, -0.2) is 9.97 Å². The van der Waals surface area contributed by atoms with E-state index in [9.17, 15) is 0 Å². The number of alkyl halides is 1. The molecule has 3 nitrogen and oxygen atoms in total. The van der Waals surface area contributed by atoms with Crippen LogP contribution in [-0.4, -0.2) is 27.9 Å². The molecule has 2 heterocycles. The predicted molar refractivity (Wildman–Crippen MR) is 79.6 cm³/mol. The lowest BCUT2D eigenvalue weighted by Crippen LogP contribution is -2.40. The van der Waals surface area contributed by atoms with Crippen molar-refractivity contribution in [1.29, 1.82) is 0 Å². The second kappa shape index (κ2) is 5.55. The minimum absolute atomic E-state index is 0.384. The quantitative estimate of drug-likeness (QED) is 0.783. The lowest BCUT2D eigenvalue weighted by Gasteiger charge is -2.35. The first-order valence-electron chi connectivity index (χ1n) is 6.72. The molecule has 1 aliphatic rings. The fourth-order valence-corrected chi connectivity index (χ4v) is 2.69. The molecule has 0 spiro atoms. The molecule has 0 radical (unpaired) electrons. The molecule has 1 aromatic heterocycles. The predicted octanol–water partition coefficient (Wildman–Crippen LogP) is 3.52. The van der Waals surface area contributed by atoms with E-state index < -0.39 is 0 Å². The molecule has 1 aliphatic heterocycles. The highest BCUT2D eigenvalue weighted by Gasteiger charge is 2.25. The lowest BCUT2D eigenvalue weighted by atomic mass is 10.00. The van der Waals surface area contributed by atoms with Crippen molar-refractivity contribution in [2.24, 2.45) is 5.92 Å². The van der Waals surface area contributed by atoms with Crippen molar-refractivity contribution in [2.45, 2.75) is 44.9 Å². The van der Waals surface area contributed by atoms with E-state index >= 15 is 0 Å². The molecule has 100 valence electrons. The third kappa shape index (κ3) is 3.02. The number of aryl methyl sites for hydroxylation is 1. The first kappa shape index (κ1) is 13.8. The molecule has 0 bridgehead atoms. The van der Waals surface area contributed by atoms with Gasteiger partial charge in [-0.15, -0.1) is 0 Å². The van der Waals surface area contributed by atoms with Gasteiger partial charge in [0.2, 0.25) is 0 Å². The van der Waals surface area contributed by atoms with Crippen LogP contribution in [-0.2, 0) is 0 Å². The average Bonchev–Trinajstić information content (AvgIpc) is 2.31. The van der Waals surface area contributed by atoms with Crippen molar-refractivity contribution in [3.8, 4) is 0 Å². The Morgan fingerprint density at radius 1 is 1.39 bits per heavy atom. The fraction of sp³-hybridized carbons (Fsp3) is 0.714. The molecule has 2 rings (SSSR count). The summed E-state index contributed by atoms with van der Waals surface area (Å²) in [5, 5.41) is 0. The highest BCUT2D eigenvalue weighted by Crippen LogP contribution is 2.27. The smallest absolute Gasteiger partial charge is 0.133 e. The summed E-state index contributed by atoms with van der Waals surface area (Å²) in [7, 11) is 0. The van der Waals surface area contributed by atoms with E-state index in [1.54, 1.807) is 0 Å². The van der Waals surface area contributed by atoms with Crippen molar-refractivity contribution < 1.29 is 0 Å². The molecular weight excluding hydrogens is 290 g/mol. The zero-order chi connectivity index (χ0) is 13.3. The molecule has 4 heteroatoms. The Morgan fingerprint density at radius 3 is 2.72 bits per heavy atom. The molecular formula is C14H22BrN3. The van der Waals surface area contributed by atoms with Gasteiger partial charge in [0.25, 0.3) is 0 Å². The zero-order valence-corrected chi connectivity index (χ0v) is 13.2. The van der Waals surface area contributed by atoms with Crippen LogP contribution in [0.3, 0.4) is 0 Å². The Morgan fingerprint density at radius 2 is 2.11 bits per heavy atom. The van der Waals surface area contributed by atoms with Crippen molar-refractivity contribution in [3.05, 3.63) is 17.6 Å². The molecule has 0 amide bonds. The van der Waals surface area contributed by atoms with Gasteiger partial charge in [-0.05, 0) is 19.3 Å². The van der Waals surface area contributed by atoms with Crippen molar-refractivity contribution in [1.82, 2.24) is 9.97 Å². The first-order valence-corrected chi connectivity index (χ1v) is 7.63. The van der Waals surface area contributed by atoms with Gasteiger partial charge in [0, 0.05) is 35.6 Å². The second-order valence-electron chi connectivity index (χ2n) is 5.61. The SMILES string of the molecule is Cc1cc(N2CCC(Br)C(C)C2)nc(C(C)C)n1. The summed E-state index contributed by atoms with van der Waals surface area (Å²) < 4.78 is 0. The summed E-state index contributed by atoms with van der Waals surface area (Å²) in [6, 6.07) is 2.10. The highest BCUT2D eigenvalue weighted by molar-refractivity contribution is 9.09. The summed E-state index contributed by atoms with van der Waals surface area (Å²) in [5.41, 5.74) is 1.07. The van der Waals surface area contributed by atoms with Gasteiger partial charge in [-0.1, -0.05) is 36.7 Å². The summed E-state index contributed by atoms with van der Waals surface area (Å²) in [4.78, 5) is 12.3. The zero-order valence-electron chi connectivity index (χ0n) is 11.7. The summed E-state index contributed by atoms with van der Waals surface area (Å²) in [5.74, 6) is 3.10. The molecule has 1 saturated heterocycles. The van der Waals surface area contributed by atoms with E-state index in [-0.39, 0.29) is 0 Å². The molecule has 1 fully saturated rings. The number of nitrogens with zero attached hydrogens (tertiary/aromatic N) is 3. The van der Waals surface area contributed by atoms with Crippen LogP contribution < -0.4 is 4.90 Å². The Balaban J connectivity index is 2.23. The average molecular weight is 312 g/mol. The molecule has 0 N–H and O–H groups in total. The van der Waals surface area contributed by atoms with Crippen molar-refractivity contribution in [2.75, 3.05) is 18.0 Å². The van der Waals surface area contributed by atoms with Crippen LogP contribution in [0.1, 0.15) is 44.6 Å². The van der Waals surface area contributed by atoms with Gasteiger partial charge >= 0.3 is 0 Å². The number of hydrogen-bond acceptors (Lipinski definition) is 3. The molecule has 2 atom stereocenters. The Hall–Kier alpha value is -0.640. The highest BCUT2D eigenvalue weighted by atomic mass is 79.9. The van der Waals surface area contributed by atoms with Crippen LogP contribution >= 0.6 is 15.9 Å². The van der Waals surface area contributed by atoms with Gasteiger partial charge in [0.05, 0.1) is 0 Å². The summed E-state index contributed by atoms with van der Waals surface area (Å²) in [6.07, 6.45) is 1.18. The Bertz CT molecular complexity index is 420. The van der Waals surface area contributed by atoms with Gasteiger partial charge in [0.15, 0.2) is 0 Å². The van der Waals surface area contributed by atoms with Crippen LogP contribution in [0.25, 0.3) is 0 Å². The van der Waals surface area contributed by atoms with Gasteiger partial charge in [-0.3, -0.25) is 0 Å². The van der Waals surface area contributed by atoms with E-state index in [0.717, 1.165) is 30.4 Å². The molecule has 0 aliphatic carbocycles. The largest absolute Gasteiger partial charge is 0.356 e. The number of anilines is 1. The van der Waals surface area contributed by atoms with Crippen LogP contribution in [0.15, 0.2) is 6.07 Å². The van der Waals surface area contributed by atoms with Gasteiger partial charge in [-0.2, -0.15) is 0 Å². The topological polar surface area (TPSA) is 29.0 Å². The van der Waals surface area contributed by atoms with E-state index in [1.807, 2.05) is 0 Å². The van der Waals surface area contributed by atoms with Crippen LogP contribution in [0, 0.1) is 12.8 Å². The minimum atomic E-state index is 0.384. The fourth-order valence-electron chi connectivity index (χ4n) is 2.32. The van der Waals surface area contributed by atoms with E-state index in [2.05, 4.69) is 59.6 Å². The molecule has 0 aromatic carbocycles. The third-order valence-corrected chi connectivity index (χ3v) is 4.86. The van der Waals surface area contributed by atoms with Crippen molar-refractivity contribution >= 4 is 21.7 Å². The number of halogens is 1. The number of hydrogen-bond donors (Lipinski definition) is 0. The lowest BCUT2D eigenvalue weighted by molar-refractivity contribution is 0.463. The third-order valence-electron chi connectivity index (χ3n) is 3.50. The maximum atomic E-state index is 4.72. The van der Waals surface area contributed by atoms with Gasteiger partial charge in [0.1, 0.15) is 11.6 Å². The maximum absolute atomic E-state index is 4.72. The Kier molecular flexibility index (Phi) is 4.25.